The second-order valence-corrected chi connectivity index (χ2v) is 7.62. The third-order valence-electron chi connectivity index (χ3n) is 5.77. The molecule has 1 saturated heterocycles. The number of aliphatic hydroxyl groups excluding tert-OH is 1. The Morgan fingerprint density at radius 1 is 1.17 bits per heavy atom. The van der Waals surface area contributed by atoms with E-state index in [1.807, 2.05) is 18.5 Å². The van der Waals surface area contributed by atoms with Crippen molar-refractivity contribution in [2.24, 2.45) is 5.92 Å². The molecule has 0 aromatic carbocycles. The van der Waals surface area contributed by atoms with Crippen LogP contribution in [-0.4, -0.2) is 46.8 Å². The van der Waals surface area contributed by atoms with Crippen LogP contribution in [0.15, 0.2) is 24.5 Å². The number of nitrogens with zero attached hydrogens (tertiary/aromatic N) is 2. The molecule has 2 unspecified atom stereocenters. The van der Waals surface area contributed by atoms with Gasteiger partial charge in [-0.05, 0) is 75.7 Å². The molecule has 3 rings (SSSR count). The van der Waals surface area contributed by atoms with Crippen molar-refractivity contribution in [3.05, 3.63) is 30.1 Å². The van der Waals surface area contributed by atoms with E-state index in [1.54, 1.807) is 0 Å². The van der Waals surface area contributed by atoms with E-state index in [1.165, 1.54) is 63.6 Å². The second-order valence-electron chi connectivity index (χ2n) is 7.62. The zero-order valence-electron chi connectivity index (χ0n) is 14.9. The van der Waals surface area contributed by atoms with E-state index >= 15 is 0 Å². The number of rotatable bonds is 7. The van der Waals surface area contributed by atoms with Crippen molar-refractivity contribution in [3.63, 3.8) is 0 Å². The van der Waals surface area contributed by atoms with Gasteiger partial charge in [-0.15, -0.1) is 0 Å². The fourth-order valence-electron chi connectivity index (χ4n) is 4.24. The van der Waals surface area contributed by atoms with Crippen LogP contribution in [0.1, 0.15) is 56.9 Å². The fraction of sp³-hybridized carbons (Fsp3) is 0.750. The summed E-state index contributed by atoms with van der Waals surface area (Å²) in [7, 11) is 0. The first-order valence-corrected chi connectivity index (χ1v) is 9.84. The number of hydrogen-bond acceptors (Lipinski definition) is 4. The largest absolute Gasteiger partial charge is 0.393 e. The minimum atomic E-state index is -0.0329. The number of nitrogens with one attached hydrogen (secondary N) is 1. The highest BCUT2D eigenvalue weighted by molar-refractivity contribution is 5.08. The monoisotopic (exact) mass is 331 g/mol. The number of aliphatic hydroxyl groups is 1. The Morgan fingerprint density at radius 2 is 2.00 bits per heavy atom. The summed E-state index contributed by atoms with van der Waals surface area (Å²) in [6.07, 6.45) is 13.4. The Morgan fingerprint density at radius 3 is 2.75 bits per heavy atom. The lowest BCUT2D eigenvalue weighted by Crippen LogP contribution is -2.42. The maximum absolute atomic E-state index is 10.0. The predicted octanol–water partition coefficient (Wildman–Crippen LogP) is 2.97. The molecule has 134 valence electrons. The maximum Gasteiger partial charge on any atom is 0.0568 e. The highest BCUT2D eigenvalue weighted by atomic mass is 16.3. The summed E-state index contributed by atoms with van der Waals surface area (Å²) >= 11 is 0. The minimum Gasteiger partial charge on any atom is -0.393 e. The van der Waals surface area contributed by atoms with Crippen LogP contribution in [-0.2, 0) is 6.54 Å². The van der Waals surface area contributed by atoms with Crippen molar-refractivity contribution in [2.75, 3.05) is 19.6 Å². The SMILES string of the molecule is OC1CCCCC1CCCNC1CCN(Cc2cccnc2)CC1. The van der Waals surface area contributed by atoms with Crippen LogP contribution in [0.25, 0.3) is 0 Å². The van der Waals surface area contributed by atoms with E-state index in [0.717, 1.165) is 19.5 Å². The lowest BCUT2D eigenvalue weighted by atomic mass is 9.83. The molecule has 2 fully saturated rings. The molecule has 1 saturated carbocycles. The van der Waals surface area contributed by atoms with Gasteiger partial charge in [0.25, 0.3) is 0 Å². The molecule has 4 heteroatoms. The van der Waals surface area contributed by atoms with Gasteiger partial charge in [0.05, 0.1) is 6.10 Å². The molecule has 2 heterocycles. The van der Waals surface area contributed by atoms with Crippen molar-refractivity contribution in [2.45, 2.75) is 70.1 Å². The first-order chi connectivity index (χ1) is 11.8. The van der Waals surface area contributed by atoms with Crippen LogP contribution in [0.2, 0.25) is 0 Å². The first-order valence-electron chi connectivity index (χ1n) is 9.84. The van der Waals surface area contributed by atoms with Gasteiger partial charge >= 0.3 is 0 Å². The zero-order chi connectivity index (χ0) is 16.6. The van der Waals surface area contributed by atoms with E-state index in [0.29, 0.717) is 12.0 Å². The maximum atomic E-state index is 10.0. The summed E-state index contributed by atoms with van der Waals surface area (Å²) in [4.78, 5) is 6.74. The van der Waals surface area contributed by atoms with E-state index in [9.17, 15) is 5.11 Å². The molecule has 1 aliphatic carbocycles. The molecule has 2 aliphatic rings. The molecule has 24 heavy (non-hydrogen) atoms. The molecule has 1 aliphatic heterocycles. The van der Waals surface area contributed by atoms with Crippen LogP contribution in [0, 0.1) is 5.92 Å². The Balaban J connectivity index is 1.27. The number of hydrogen-bond donors (Lipinski definition) is 2. The molecule has 2 N–H and O–H groups in total. The quantitative estimate of drug-likeness (QED) is 0.754. The average Bonchev–Trinajstić information content (AvgIpc) is 2.62. The van der Waals surface area contributed by atoms with Gasteiger partial charge in [-0.2, -0.15) is 0 Å². The third-order valence-corrected chi connectivity index (χ3v) is 5.77. The van der Waals surface area contributed by atoms with Gasteiger partial charge in [0, 0.05) is 25.0 Å². The lowest BCUT2D eigenvalue weighted by molar-refractivity contribution is 0.0640. The fourth-order valence-corrected chi connectivity index (χ4v) is 4.24. The molecule has 0 bridgehead atoms. The Kier molecular flexibility index (Phi) is 7.06. The van der Waals surface area contributed by atoms with Gasteiger partial charge in [-0.3, -0.25) is 9.88 Å². The average molecular weight is 332 g/mol. The van der Waals surface area contributed by atoms with Gasteiger partial charge in [-0.1, -0.05) is 18.9 Å². The van der Waals surface area contributed by atoms with E-state index in [-0.39, 0.29) is 6.10 Å². The van der Waals surface area contributed by atoms with Crippen molar-refractivity contribution in [3.8, 4) is 0 Å². The number of aromatic nitrogens is 1. The summed E-state index contributed by atoms with van der Waals surface area (Å²) in [5.41, 5.74) is 1.31. The molecule has 0 radical (unpaired) electrons. The standard InChI is InChI=1S/C20H33N3O/c24-20-8-2-1-6-18(20)7-4-12-22-19-9-13-23(14-10-19)16-17-5-3-11-21-15-17/h3,5,11,15,18-20,22,24H,1-2,4,6-10,12-14,16H2. The molecular formula is C20H33N3O. The summed E-state index contributed by atoms with van der Waals surface area (Å²) < 4.78 is 0. The zero-order valence-corrected chi connectivity index (χ0v) is 14.9. The third kappa shape index (κ3) is 5.54. The predicted molar refractivity (Wildman–Crippen MR) is 97.7 cm³/mol. The summed E-state index contributed by atoms with van der Waals surface area (Å²) in [5.74, 6) is 0.557. The Bertz CT molecular complexity index is 459. The van der Waals surface area contributed by atoms with Gasteiger partial charge in [0.15, 0.2) is 0 Å². The van der Waals surface area contributed by atoms with Gasteiger partial charge in [0.1, 0.15) is 0 Å². The minimum absolute atomic E-state index is 0.0329. The number of pyridine rings is 1. The van der Waals surface area contributed by atoms with Crippen LogP contribution in [0.4, 0.5) is 0 Å². The van der Waals surface area contributed by atoms with E-state index in [2.05, 4.69) is 21.3 Å². The Hall–Kier alpha value is -0.970. The van der Waals surface area contributed by atoms with Crippen LogP contribution in [0.5, 0.6) is 0 Å². The first kappa shape index (κ1) is 17.8. The molecule has 4 nitrogen and oxygen atoms in total. The summed E-state index contributed by atoms with van der Waals surface area (Å²) in [6, 6.07) is 4.86. The molecule has 0 amide bonds. The second kappa shape index (κ2) is 9.50. The highest BCUT2D eigenvalue weighted by Gasteiger charge is 2.23. The molecule has 1 aromatic heterocycles. The van der Waals surface area contributed by atoms with Crippen molar-refractivity contribution in [1.29, 1.82) is 0 Å². The molecule has 2 atom stereocenters. The Labute approximate surface area is 146 Å². The van der Waals surface area contributed by atoms with Crippen LogP contribution < -0.4 is 5.32 Å². The van der Waals surface area contributed by atoms with Gasteiger partial charge in [0.2, 0.25) is 0 Å². The van der Waals surface area contributed by atoms with E-state index in [4.69, 9.17) is 0 Å². The molecular weight excluding hydrogens is 298 g/mol. The van der Waals surface area contributed by atoms with Crippen molar-refractivity contribution >= 4 is 0 Å². The van der Waals surface area contributed by atoms with Gasteiger partial charge < -0.3 is 10.4 Å². The normalized spacial score (nSPS) is 26.5. The van der Waals surface area contributed by atoms with Crippen molar-refractivity contribution in [1.82, 2.24) is 15.2 Å². The topological polar surface area (TPSA) is 48.4 Å². The highest BCUT2D eigenvalue weighted by Crippen LogP contribution is 2.27. The number of likely N-dealkylation sites (tertiary alicyclic amines) is 1. The lowest BCUT2D eigenvalue weighted by Gasteiger charge is -2.32. The van der Waals surface area contributed by atoms with Crippen molar-refractivity contribution < 1.29 is 5.11 Å². The van der Waals surface area contributed by atoms with E-state index < -0.39 is 0 Å². The van der Waals surface area contributed by atoms with Gasteiger partial charge in [-0.25, -0.2) is 0 Å². The van der Waals surface area contributed by atoms with Crippen LogP contribution >= 0.6 is 0 Å². The molecule has 1 aromatic rings. The van der Waals surface area contributed by atoms with Crippen LogP contribution in [0.3, 0.4) is 0 Å². The number of piperidine rings is 1. The summed E-state index contributed by atoms with van der Waals surface area (Å²) in [5, 5.41) is 13.8. The molecule has 0 spiro atoms. The smallest absolute Gasteiger partial charge is 0.0568 e. The summed E-state index contributed by atoms with van der Waals surface area (Å²) in [6.45, 7) is 4.48.